The number of nitrogens with two attached hydrogens (primary N) is 1. The number of aryl methyl sites for hydroxylation is 1. The van der Waals surface area contributed by atoms with E-state index in [1.165, 1.54) is 4.80 Å². The molecule has 5 heteroatoms. The van der Waals surface area contributed by atoms with Gasteiger partial charge in [0.2, 0.25) is 0 Å². The smallest absolute Gasteiger partial charge is 0.176 e. The topological polar surface area (TPSA) is 69.6 Å². The molecule has 0 radical (unpaired) electrons. The first-order valence-electron chi connectivity index (χ1n) is 4.99. The Labute approximate surface area is 84.7 Å². The molecule has 5 nitrogen and oxygen atoms in total. The molecular weight excluding hydrogens is 178 g/mol. The van der Waals surface area contributed by atoms with E-state index in [2.05, 4.69) is 36.2 Å². The second-order valence-corrected chi connectivity index (χ2v) is 4.11. The van der Waals surface area contributed by atoms with Gasteiger partial charge in [0.1, 0.15) is 0 Å². The van der Waals surface area contributed by atoms with Crippen LogP contribution in [0, 0.1) is 5.92 Å². The van der Waals surface area contributed by atoms with E-state index in [4.69, 9.17) is 5.73 Å². The van der Waals surface area contributed by atoms with Gasteiger partial charge in [0.25, 0.3) is 0 Å². The van der Waals surface area contributed by atoms with Crippen LogP contribution < -0.4 is 5.73 Å². The van der Waals surface area contributed by atoms with Gasteiger partial charge in [0.15, 0.2) is 5.82 Å². The molecule has 0 saturated heterocycles. The van der Waals surface area contributed by atoms with Crippen molar-refractivity contribution in [1.29, 1.82) is 0 Å². The Morgan fingerprint density at radius 1 is 1.50 bits per heavy atom. The van der Waals surface area contributed by atoms with Crippen LogP contribution in [0.3, 0.4) is 0 Å². The van der Waals surface area contributed by atoms with E-state index >= 15 is 0 Å². The predicted octanol–water partition coefficient (Wildman–Crippen LogP) is 0.516. The van der Waals surface area contributed by atoms with E-state index in [1.54, 1.807) is 7.05 Å². The molecule has 0 aliphatic heterocycles. The van der Waals surface area contributed by atoms with Gasteiger partial charge in [0, 0.05) is 12.0 Å². The van der Waals surface area contributed by atoms with Gasteiger partial charge in [-0.25, -0.2) is 0 Å². The summed E-state index contributed by atoms with van der Waals surface area (Å²) in [6.45, 7) is 6.34. The zero-order valence-corrected chi connectivity index (χ0v) is 9.36. The lowest BCUT2D eigenvalue weighted by Crippen LogP contribution is -2.46. The van der Waals surface area contributed by atoms with Gasteiger partial charge in [-0.2, -0.15) is 4.80 Å². The maximum absolute atomic E-state index is 6.26. The zero-order chi connectivity index (χ0) is 10.8. The van der Waals surface area contributed by atoms with Gasteiger partial charge in [0.05, 0.1) is 7.05 Å². The molecule has 0 aliphatic rings. The number of nitrogens with zero attached hydrogens (tertiary/aromatic N) is 4. The summed E-state index contributed by atoms with van der Waals surface area (Å²) >= 11 is 0. The highest BCUT2D eigenvalue weighted by atomic mass is 15.6. The van der Waals surface area contributed by atoms with Gasteiger partial charge >= 0.3 is 0 Å². The lowest BCUT2D eigenvalue weighted by molar-refractivity contribution is 0.291. The van der Waals surface area contributed by atoms with Gasteiger partial charge < -0.3 is 5.73 Å². The Hall–Kier alpha value is -0.970. The Morgan fingerprint density at radius 2 is 2.14 bits per heavy atom. The number of hydrogen-bond acceptors (Lipinski definition) is 4. The van der Waals surface area contributed by atoms with Gasteiger partial charge in [-0.15, -0.1) is 10.2 Å². The Morgan fingerprint density at radius 3 is 2.50 bits per heavy atom. The lowest BCUT2D eigenvalue weighted by Gasteiger charge is -2.31. The maximum Gasteiger partial charge on any atom is 0.176 e. The minimum atomic E-state index is -0.219. The van der Waals surface area contributed by atoms with Crippen LogP contribution in [0.5, 0.6) is 0 Å². The summed E-state index contributed by atoms with van der Waals surface area (Å²) in [5.74, 6) is 1.14. The maximum atomic E-state index is 6.26. The fourth-order valence-electron chi connectivity index (χ4n) is 1.43. The third-order valence-corrected chi connectivity index (χ3v) is 2.85. The highest BCUT2D eigenvalue weighted by Crippen LogP contribution is 2.21. The molecular formula is C9H19N5. The van der Waals surface area contributed by atoms with Crippen molar-refractivity contribution >= 4 is 0 Å². The van der Waals surface area contributed by atoms with Gasteiger partial charge in [-0.05, 0) is 17.6 Å². The summed E-state index contributed by atoms with van der Waals surface area (Å²) in [5, 5.41) is 11.9. The van der Waals surface area contributed by atoms with Crippen LogP contribution in [-0.2, 0) is 13.5 Å². The summed E-state index contributed by atoms with van der Waals surface area (Å²) < 4.78 is 0. The molecule has 1 aromatic heterocycles. The summed E-state index contributed by atoms with van der Waals surface area (Å²) in [5.41, 5.74) is 6.05. The third kappa shape index (κ3) is 2.29. The summed E-state index contributed by atoms with van der Waals surface area (Å²) in [6.07, 6.45) is 1.61. The van der Waals surface area contributed by atoms with Crippen molar-refractivity contribution in [2.24, 2.45) is 18.7 Å². The van der Waals surface area contributed by atoms with Crippen molar-refractivity contribution in [2.45, 2.75) is 39.2 Å². The van der Waals surface area contributed by atoms with Crippen molar-refractivity contribution in [3.8, 4) is 0 Å². The number of aromatic nitrogens is 4. The quantitative estimate of drug-likeness (QED) is 0.763. The van der Waals surface area contributed by atoms with Crippen molar-refractivity contribution in [3.05, 3.63) is 5.82 Å². The number of hydrogen-bond donors (Lipinski definition) is 1. The molecule has 2 N–H and O–H groups in total. The summed E-state index contributed by atoms with van der Waals surface area (Å²) in [4.78, 5) is 1.46. The molecule has 1 unspecified atom stereocenters. The van der Waals surface area contributed by atoms with Crippen LogP contribution in [0.4, 0.5) is 0 Å². The molecule has 0 fully saturated rings. The average molecular weight is 197 g/mol. The van der Waals surface area contributed by atoms with Crippen molar-refractivity contribution < 1.29 is 0 Å². The minimum absolute atomic E-state index is 0.219. The SMILES string of the molecule is CCC(N)(Cc1nnn(C)n1)C(C)C. The highest BCUT2D eigenvalue weighted by molar-refractivity contribution is 4.95. The number of tetrazole rings is 1. The first-order chi connectivity index (χ1) is 6.48. The molecule has 1 aromatic rings. The van der Waals surface area contributed by atoms with Crippen molar-refractivity contribution in [3.63, 3.8) is 0 Å². The minimum Gasteiger partial charge on any atom is -0.324 e. The third-order valence-electron chi connectivity index (χ3n) is 2.85. The van der Waals surface area contributed by atoms with Gasteiger partial charge in [-0.3, -0.25) is 0 Å². The van der Waals surface area contributed by atoms with Crippen molar-refractivity contribution in [2.75, 3.05) is 0 Å². The summed E-state index contributed by atoms with van der Waals surface area (Å²) in [7, 11) is 1.76. The van der Waals surface area contributed by atoms with E-state index < -0.39 is 0 Å². The molecule has 0 saturated carbocycles. The van der Waals surface area contributed by atoms with Crippen LogP contribution in [0.2, 0.25) is 0 Å². The predicted molar refractivity (Wildman–Crippen MR) is 54.5 cm³/mol. The monoisotopic (exact) mass is 197 g/mol. The molecule has 0 aromatic carbocycles. The molecule has 0 bridgehead atoms. The largest absolute Gasteiger partial charge is 0.324 e. The summed E-state index contributed by atoms with van der Waals surface area (Å²) in [6, 6.07) is 0. The first kappa shape index (κ1) is 11.1. The van der Waals surface area contributed by atoms with Crippen LogP contribution in [-0.4, -0.2) is 25.7 Å². The standard InChI is InChI=1S/C9H19N5/c1-5-9(10,7(2)3)6-8-11-13-14(4)12-8/h7H,5-6,10H2,1-4H3. The fraction of sp³-hybridized carbons (Fsp3) is 0.889. The Kier molecular flexibility index (Phi) is 3.21. The van der Waals surface area contributed by atoms with Gasteiger partial charge in [-0.1, -0.05) is 20.8 Å². The molecule has 1 atom stereocenters. The fourth-order valence-corrected chi connectivity index (χ4v) is 1.43. The van der Waals surface area contributed by atoms with Crippen LogP contribution in [0.15, 0.2) is 0 Å². The second kappa shape index (κ2) is 4.04. The highest BCUT2D eigenvalue weighted by Gasteiger charge is 2.28. The average Bonchev–Trinajstić information content (AvgIpc) is 2.50. The van der Waals surface area contributed by atoms with E-state index in [1.807, 2.05) is 0 Å². The molecule has 0 amide bonds. The van der Waals surface area contributed by atoms with Crippen LogP contribution in [0.1, 0.15) is 33.0 Å². The Bertz CT molecular complexity index is 293. The van der Waals surface area contributed by atoms with E-state index in [0.717, 1.165) is 12.2 Å². The molecule has 0 aliphatic carbocycles. The Balaban J connectivity index is 2.75. The lowest BCUT2D eigenvalue weighted by atomic mass is 9.82. The normalized spacial score (nSPS) is 15.9. The first-order valence-corrected chi connectivity index (χ1v) is 4.99. The van der Waals surface area contributed by atoms with E-state index in [0.29, 0.717) is 12.3 Å². The van der Waals surface area contributed by atoms with E-state index in [-0.39, 0.29) is 5.54 Å². The number of rotatable bonds is 4. The van der Waals surface area contributed by atoms with Crippen molar-refractivity contribution in [1.82, 2.24) is 20.2 Å². The molecule has 1 rings (SSSR count). The van der Waals surface area contributed by atoms with Crippen LogP contribution in [0.25, 0.3) is 0 Å². The zero-order valence-electron chi connectivity index (χ0n) is 9.36. The second-order valence-electron chi connectivity index (χ2n) is 4.11. The molecule has 1 heterocycles. The molecule has 14 heavy (non-hydrogen) atoms. The molecule has 80 valence electrons. The van der Waals surface area contributed by atoms with Crippen LogP contribution >= 0.6 is 0 Å². The molecule has 0 spiro atoms. The van der Waals surface area contributed by atoms with E-state index in [9.17, 15) is 0 Å².